The molecule has 2 aliphatic rings. The fourth-order valence-corrected chi connectivity index (χ4v) is 3.18. The zero-order chi connectivity index (χ0) is 20.9. The highest BCUT2D eigenvalue weighted by atomic mass is 16.7. The van der Waals surface area contributed by atoms with Gasteiger partial charge < -0.3 is 24.4 Å². The summed E-state index contributed by atoms with van der Waals surface area (Å²) in [6.07, 6.45) is 1.67. The zero-order valence-electron chi connectivity index (χ0n) is 16.7. The van der Waals surface area contributed by atoms with E-state index in [1.807, 2.05) is 48.5 Å². The number of anilines is 4. The van der Waals surface area contributed by atoms with Gasteiger partial charge in [0, 0.05) is 18.8 Å². The van der Waals surface area contributed by atoms with Crippen molar-refractivity contribution in [2.24, 2.45) is 5.10 Å². The molecule has 0 aliphatic carbocycles. The number of aromatic nitrogens is 3. The normalized spacial score (nSPS) is 15.3. The standard InChI is InChI=1S/C21H21N7O3/c1-2-4-16(5-3-1)23-19-24-20(26-21(25-19)28-8-10-29-11-9-28)27-22-13-15-6-7-17-18(12-15)31-14-30-17/h1-7,12-13H,8-11,14H2,(H2,23,24,25,26,27)/b22-13+. The Labute approximate surface area is 178 Å². The molecule has 1 fully saturated rings. The predicted molar refractivity (Wildman–Crippen MR) is 116 cm³/mol. The summed E-state index contributed by atoms with van der Waals surface area (Å²) in [5, 5.41) is 7.49. The van der Waals surface area contributed by atoms with Crippen molar-refractivity contribution in [3.8, 4) is 11.5 Å². The summed E-state index contributed by atoms with van der Waals surface area (Å²) in [6, 6.07) is 15.4. The Hall–Kier alpha value is -3.92. The number of fused-ring (bicyclic) bond motifs is 1. The molecule has 31 heavy (non-hydrogen) atoms. The summed E-state index contributed by atoms with van der Waals surface area (Å²) >= 11 is 0. The smallest absolute Gasteiger partial charge is 0.250 e. The van der Waals surface area contributed by atoms with E-state index in [4.69, 9.17) is 14.2 Å². The Morgan fingerprint density at radius 2 is 1.71 bits per heavy atom. The maximum atomic E-state index is 5.44. The van der Waals surface area contributed by atoms with E-state index in [0.717, 1.165) is 17.0 Å². The van der Waals surface area contributed by atoms with Crippen LogP contribution in [-0.4, -0.2) is 54.3 Å². The molecular formula is C21H21N7O3. The van der Waals surface area contributed by atoms with Gasteiger partial charge in [0.15, 0.2) is 11.5 Å². The number of nitrogens with zero attached hydrogens (tertiary/aromatic N) is 5. The van der Waals surface area contributed by atoms with Gasteiger partial charge in [-0.2, -0.15) is 20.1 Å². The molecule has 1 saturated heterocycles. The van der Waals surface area contributed by atoms with Gasteiger partial charge in [-0.3, -0.25) is 0 Å². The number of hydrogen-bond acceptors (Lipinski definition) is 10. The van der Waals surface area contributed by atoms with Gasteiger partial charge in [0.2, 0.25) is 24.6 Å². The van der Waals surface area contributed by atoms with E-state index in [-0.39, 0.29) is 6.79 Å². The van der Waals surface area contributed by atoms with E-state index in [2.05, 4.69) is 35.7 Å². The summed E-state index contributed by atoms with van der Waals surface area (Å²) in [6.45, 7) is 2.94. The lowest BCUT2D eigenvalue weighted by Gasteiger charge is -2.27. The van der Waals surface area contributed by atoms with E-state index >= 15 is 0 Å². The van der Waals surface area contributed by atoms with Crippen LogP contribution in [0.4, 0.5) is 23.5 Å². The minimum absolute atomic E-state index is 0.237. The van der Waals surface area contributed by atoms with Crippen LogP contribution in [0.5, 0.6) is 11.5 Å². The molecule has 0 saturated carbocycles. The number of hydrogen-bond donors (Lipinski definition) is 2. The number of hydrazone groups is 1. The first-order valence-electron chi connectivity index (χ1n) is 9.93. The lowest BCUT2D eigenvalue weighted by atomic mass is 10.2. The summed E-state index contributed by atoms with van der Waals surface area (Å²) in [4.78, 5) is 15.6. The molecule has 0 atom stereocenters. The molecule has 3 aromatic rings. The quantitative estimate of drug-likeness (QED) is 0.461. The Bertz CT molecular complexity index is 1070. The topological polar surface area (TPSA) is 106 Å². The third-order valence-electron chi connectivity index (χ3n) is 4.72. The van der Waals surface area contributed by atoms with Gasteiger partial charge in [0.25, 0.3) is 0 Å². The van der Waals surface area contributed by atoms with Crippen molar-refractivity contribution in [1.29, 1.82) is 0 Å². The highest BCUT2D eigenvalue weighted by Gasteiger charge is 2.17. The summed E-state index contributed by atoms with van der Waals surface area (Å²) in [7, 11) is 0. The van der Waals surface area contributed by atoms with Gasteiger partial charge in [0.05, 0.1) is 19.4 Å². The van der Waals surface area contributed by atoms with Gasteiger partial charge in [-0.05, 0) is 35.9 Å². The Balaban J connectivity index is 1.36. The molecule has 0 radical (unpaired) electrons. The molecule has 0 unspecified atom stereocenters. The lowest BCUT2D eigenvalue weighted by Crippen LogP contribution is -2.37. The van der Waals surface area contributed by atoms with Crippen molar-refractivity contribution in [3.63, 3.8) is 0 Å². The van der Waals surface area contributed by atoms with Crippen LogP contribution in [0.3, 0.4) is 0 Å². The molecule has 5 rings (SSSR count). The molecule has 2 N–H and O–H groups in total. The summed E-state index contributed by atoms with van der Waals surface area (Å²) in [5.41, 5.74) is 4.65. The zero-order valence-corrected chi connectivity index (χ0v) is 16.7. The van der Waals surface area contributed by atoms with E-state index in [1.165, 1.54) is 0 Å². The lowest BCUT2D eigenvalue weighted by molar-refractivity contribution is 0.122. The van der Waals surface area contributed by atoms with Crippen molar-refractivity contribution >= 4 is 29.7 Å². The average Bonchev–Trinajstić information content (AvgIpc) is 3.28. The minimum Gasteiger partial charge on any atom is -0.454 e. The maximum absolute atomic E-state index is 5.44. The molecule has 0 spiro atoms. The Morgan fingerprint density at radius 1 is 0.903 bits per heavy atom. The maximum Gasteiger partial charge on any atom is 0.250 e. The monoisotopic (exact) mass is 419 g/mol. The average molecular weight is 419 g/mol. The van der Waals surface area contributed by atoms with Crippen LogP contribution < -0.4 is 25.1 Å². The molecular weight excluding hydrogens is 398 g/mol. The van der Waals surface area contributed by atoms with Crippen LogP contribution in [-0.2, 0) is 4.74 Å². The molecule has 2 aliphatic heterocycles. The second-order valence-corrected chi connectivity index (χ2v) is 6.86. The third-order valence-corrected chi connectivity index (χ3v) is 4.72. The second kappa shape index (κ2) is 8.84. The van der Waals surface area contributed by atoms with E-state index in [9.17, 15) is 0 Å². The highest BCUT2D eigenvalue weighted by molar-refractivity contribution is 5.81. The van der Waals surface area contributed by atoms with Gasteiger partial charge in [-0.1, -0.05) is 18.2 Å². The number of benzene rings is 2. The number of para-hydroxylation sites is 1. The summed E-state index contributed by atoms with van der Waals surface area (Å²) in [5.74, 6) is 2.77. The Kier molecular flexibility index (Phi) is 5.44. The molecule has 158 valence electrons. The van der Waals surface area contributed by atoms with E-state index < -0.39 is 0 Å². The SMILES string of the molecule is C(=N\Nc1nc(Nc2ccccc2)nc(N2CCOCC2)n1)/c1ccc2c(c1)OCO2. The van der Waals surface area contributed by atoms with Gasteiger partial charge in [-0.15, -0.1) is 0 Å². The number of ether oxygens (including phenoxy) is 3. The van der Waals surface area contributed by atoms with Crippen LogP contribution in [0.1, 0.15) is 5.56 Å². The van der Waals surface area contributed by atoms with Crippen molar-refractivity contribution < 1.29 is 14.2 Å². The summed E-state index contributed by atoms with van der Waals surface area (Å²) < 4.78 is 16.2. The van der Waals surface area contributed by atoms with Crippen molar-refractivity contribution in [1.82, 2.24) is 15.0 Å². The van der Waals surface area contributed by atoms with Crippen LogP contribution in [0.15, 0.2) is 53.6 Å². The van der Waals surface area contributed by atoms with Crippen LogP contribution in [0.25, 0.3) is 0 Å². The van der Waals surface area contributed by atoms with Crippen LogP contribution >= 0.6 is 0 Å². The number of rotatable bonds is 6. The van der Waals surface area contributed by atoms with Crippen molar-refractivity contribution in [3.05, 3.63) is 54.1 Å². The fourth-order valence-electron chi connectivity index (χ4n) is 3.18. The number of nitrogens with one attached hydrogen (secondary N) is 2. The molecule has 10 heteroatoms. The molecule has 10 nitrogen and oxygen atoms in total. The molecule has 3 heterocycles. The van der Waals surface area contributed by atoms with Crippen molar-refractivity contribution in [2.45, 2.75) is 0 Å². The fraction of sp³-hybridized carbons (Fsp3) is 0.238. The third kappa shape index (κ3) is 4.64. The van der Waals surface area contributed by atoms with Gasteiger partial charge >= 0.3 is 0 Å². The largest absolute Gasteiger partial charge is 0.454 e. The first-order chi connectivity index (χ1) is 15.3. The Morgan fingerprint density at radius 3 is 2.58 bits per heavy atom. The van der Waals surface area contributed by atoms with E-state index in [0.29, 0.717) is 49.9 Å². The van der Waals surface area contributed by atoms with Crippen LogP contribution in [0.2, 0.25) is 0 Å². The first-order valence-corrected chi connectivity index (χ1v) is 9.93. The number of morpholine rings is 1. The molecule has 0 amide bonds. The highest BCUT2D eigenvalue weighted by Crippen LogP contribution is 2.32. The van der Waals surface area contributed by atoms with E-state index in [1.54, 1.807) is 6.21 Å². The van der Waals surface area contributed by atoms with Crippen molar-refractivity contribution in [2.75, 3.05) is 48.7 Å². The second-order valence-electron chi connectivity index (χ2n) is 6.86. The molecule has 2 aromatic carbocycles. The minimum atomic E-state index is 0.237. The molecule has 0 bridgehead atoms. The molecule has 1 aromatic heterocycles. The predicted octanol–water partition coefficient (Wildman–Crippen LogP) is 2.63. The first kappa shape index (κ1) is 19.1. The van der Waals surface area contributed by atoms with Gasteiger partial charge in [0.1, 0.15) is 0 Å². The van der Waals surface area contributed by atoms with Gasteiger partial charge in [-0.25, -0.2) is 5.43 Å². The van der Waals surface area contributed by atoms with Crippen LogP contribution in [0, 0.1) is 0 Å².